The number of fused-ring (bicyclic) bond motifs is 6. The summed E-state index contributed by atoms with van der Waals surface area (Å²) in [5, 5.41) is 11.0. The van der Waals surface area contributed by atoms with E-state index in [9.17, 15) is 4.79 Å². The summed E-state index contributed by atoms with van der Waals surface area (Å²) >= 11 is 6.44. The summed E-state index contributed by atoms with van der Waals surface area (Å²) in [4.78, 5) is 37.7. The standard InChI is InChI=1S/C27H23ClN2O2.C25H28N6O/c1-16-8-7-9-18-14-24(30-26(28)25(16)18)17(2)29-27(31)32-15-23-21-12-5-3-10-19(21)20-11-4-6-13-22(20)23;1-17-7-5-8-19-15-21(30-25(22(17)19)32-14-13-31-11-3-4-12-31)18(2)29-24-23-20(27-16-28-24)9-6-10-26-23/h3-14,17,23H,15H2,1-2H3,(H,29,31);5-10,15-16,18H,3-4,11-14H2,1-2H3,(H,27,28,29)/t17-;18-/m00/s1. The minimum Gasteiger partial charge on any atom is -0.476 e. The maximum atomic E-state index is 12.6. The summed E-state index contributed by atoms with van der Waals surface area (Å²) < 4.78 is 11.9. The predicted molar refractivity (Wildman–Crippen MR) is 255 cm³/mol. The van der Waals surface area contributed by atoms with Crippen molar-refractivity contribution in [2.45, 2.75) is 58.5 Å². The largest absolute Gasteiger partial charge is 0.476 e. The molecule has 1 amide bonds. The predicted octanol–water partition coefficient (Wildman–Crippen LogP) is 11.3. The van der Waals surface area contributed by atoms with Crippen LogP contribution in [0.1, 0.15) is 78.3 Å². The van der Waals surface area contributed by atoms with Gasteiger partial charge in [0.05, 0.1) is 29.0 Å². The maximum Gasteiger partial charge on any atom is 0.407 e. The zero-order chi connectivity index (χ0) is 44.2. The zero-order valence-electron chi connectivity index (χ0n) is 36.5. The Morgan fingerprint density at radius 2 is 1.42 bits per heavy atom. The Balaban J connectivity index is 0.000000162. The molecule has 4 aromatic heterocycles. The van der Waals surface area contributed by atoms with Gasteiger partial charge in [-0.3, -0.25) is 9.88 Å². The second-order valence-electron chi connectivity index (χ2n) is 16.6. The first-order valence-electron chi connectivity index (χ1n) is 22.0. The number of amides is 1. The van der Waals surface area contributed by atoms with Gasteiger partial charge in [-0.25, -0.2) is 24.7 Å². The highest BCUT2D eigenvalue weighted by molar-refractivity contribution is 6.34. The number of benzene rings is 4. The Morgan fingerprint density at radius 1 is 0.766 bits per heavy atom. The van der Waals surface area contributed by atoms with E-state index < -0.39 is 6.09 Å². The van der Waals surface area contributed by atoms with Gasteiger partial charge in [-0.15, -0.1) is 0 Å². The summed E-state index contributed by atoms with van der Waals surface area (Å²) in [6, 6.07) is 36.4. The van der Waals surface area contributed by atoms with E-state index in [0.717, 1.165) is 50.4 Å². The molecule has 0 radical (unpaired) electrons. The van der Waals surface area contributed by atoms with Gasteiger partial charge < -0.3 is 20.1 Å². The normalized spacial score (nSPS) is 14.4. The molecule has 4 aromatic carbocycles. The molecule has 10 rings (SSSR count). The third kappa shape index (κ3) is 9.04. The average molecular weight is 871 g/mol. The molecular formula is C52H51ClN8O3. The number of aromatic nitrogens is 5. The highest BCUT2D eigenvalue weighted by Crippen LogP contribution is 2.44. The van der Waals surface area contributed by atoms with Crippen molar-refractivity contribution in [3.8, 4) is 17.0 Å². The second kappa shape index (κ2) is 19.0. The summed E-state index contributed by atoms with van der Waals surface area (Å²) in [6.45, 7) is 12.3. The van der Waals surface area contributed by atoms with Gasteiger partial charge in [-0.2, -0.15) is 0 Å². The third-order valence-corrected chi connectivity index (χ3v) is 12.5. The minimum atomic E-state index is -0.471. The molecular weight excluding hydrogens is 820 g/mol. The van der Waals surface area contributed by atoms with Crippen molar-refractivity contribution in [1.29, 1.82) is 0 Å². The summed E-state index contributed by atoms with van der Waals surface area (Å²) in [6.07, 6.45) is 5.41. The SMILES string of the molecule is Cc1cccc2cc([C@H](C)NC(=O)OCC3c4ccccc4-c4ccccc43)nc(Cl)c12.Cc1cccc2cc([C@H](C)Nc3ncnc4cccnc34)nc(OCCN3CCCC3)c12. The first-order chi connectivity index (χ1) is 31.2. The molecule has 324 valence electrons. The number of nitrogens with one attached hydrogen (secondary N) is 2. The van der Waals surface area contributed by atoms with Crippen LogP contribution in [0.5, 0.6) is 5.88 Å². The molecule has 2 aliphatic rings. The van der Waals surface area contributed by atoms with Crippen molar-refractivity contribution >= 4 is 56.1 Å². The van der Waals surface area contributed by atoms with E-state index in [-0.39, 0.29) is 24.6 Å². The summed E-state index contributed by atoms with van der Waals surface area (Å²) in [5.41, 5.74) is 10.2. The molecule has 1 fully saturated rings. The number of alkyl carbamates (subject to hydrolysis) is 1. The second-order valence-corrected chi connectivity index (χ2v) is 16.9. The Kier molecular flexibility index (Phi) is 12.6. The van der Waals surface area contributed by atoms with Gasteiger partial charge in [0.25, 0.3) is 0 Å². The number of ether oxygens (including phenoxy) is 2. The van der Waals surface area contributed by atoms with Crippen molar-refractivity contribution in [2.75, 3.05) is 38.2 Å². The Bertz CT molecular complexity index is 2920. The van der Waals surface area contributed by atoms with Crippen LogP contribution >= 0.6 is 11.6 Å². The fourth-order valence-corrected chi connectivity index (χ4v) is 9.27. The number of likely N-dealkylation sites (tertiary alicyclic amines) is 1. The van der Waals surface area contributed by atoms with Crippen LogP contribution in [0, 0.1) is 13.8 Å². The van der Waals surface area contributed by atoms with E-state index in [1.54, 1.807) is 12.5 Å². The monoisotopic (exact) mass is 870 g/mol. The van der Waals surface area contributed by atoms with E-state index in [0.29, 0.717) is 29.2 Å². The number of carbonyl (C=O) groups is 1. The molecule has 0 spiro atoms. The highest BCUT2D eigenvalue weighted by Gasteiger charge is 2.29. The Hall–Kier alpha value is -6.69. The van der Waals surface area contributed by atoms with Crippen LogP contribution in [0.3, 0.4) is 0 Å². The number of nitrogens with zero attached hydrogens (tertiary/aromatic N) is 6. The van der Waals surface area contributed by atoms with Crippen LogP contribution in [-0.2, 0) is 4.74 Å². The van der Waals surface area contributed by atoms with Crippen molar-refractivity contribution < 1.29 is 14.3 Å². The fourth-order valence-electron chi connectivity index (χ4n) is 8.92. The molecule has 0 unspecified atom stereocenters. The number of anilines is 1. The van der Waals surface area contributed by atoms with E-state index in [2.05, 4.69) is 97.8 Å². The average Bonchev–Trinajstić information content (AvgIpc) is 3.94. The maximum absolute atomic E-state index is 12.6. The van der Waals surface area contributed by atoms with Crippen LogP contribution in [0.15, 0.2) is 122 Å². The molecule has 1 aliphatic carbocycles. The van der Waals surface area contributed by atoms with Crippen LogP contribution in [0.25, 0.3) is 43.7 Å². The fraction of sp³-hybridized carbons (Fsp3) is 0.269. The molecule has 11 nitrogen and oxygen atoms in total. The molecule has 8 aromatic rings. The van der Waals surface area contributed by atoms with E-state index >= 15 is 0 Å². The number of rotatable bonds is 11. The molecule has 2 N–H and O–H groups in total. The summed E-state index contributed by atoms with van der Waals surface area (Å²) in [5.74, 6) is 1.43. The van der Waals surface area contributed by atoms with E-state index in [1.165, 1.54) is 53.7 Å². The zero-order valence-corrected chi connectivity index (χ0v) is 37.3. The number of aryl methyl sites for hydroxylation is 2. The lowest BCUT2D eigenvalue weighted by molar-refractivity contribution is 0.139. The van der Waals surface area contributed by atoms with Crippen LogP contribution in [-0.4, -0.2) is 68.8 Å². The quantitative estimate of drug-likeness (QED) is 0.121. The molecule has 64 heavy (non-hydrogen) atoms. The van der Waals surface area contributed by atoms with Gasteiger partial charge in [0.15, 0.2) is 5.82 Å². The minimum absolute atomic E-state index is 0.0275. The highest BCUT2D eigenvalue weighted by atomic mass is 35.5. The van der Waals surface area contributed by atoms with Crippen molar-refractivity contribution in [3.05, 3.63) is 161 Å². The van der Waals surface area contributed by atoms with Crippen LogP contribution in [0.4, 0.5) is 10.6 Å². The molecule has 12 heteroatoms. The van der Waals surface area contributed by atoms with Gasteiger partial charge in [0.2, 0.25) is 5.88 Å². The number of carbonyl (C=O) groups excluding carboxylic acids is 1. The number of hydrogen-bond donors (Lipinski definition) is 2. The molecule has 0 saturated carbocycles. The molecule has 1 saturated heterocycles. The van der Waals surface area contributed by atoms with Crippen LogP contribution in [0.2, 0.25) is 5.15 Å². The van der Waals surface area contributed by atoms with Gasteiger partial charge >= 0.3 is 6.09 Å². The van der Waals surface area contributed by atoms with E-state index in [1.807, 2.05) is 74.5 Å². The third-order valence-electron chi connectivity index (χ3n) is 12.3. The Labute approximate surface area is 378 Å². The lowest BCUT2D eigenvalue weighted by Crippen LogP contribution is -2.29. The first kappa shape index (κ1) is 42.6. The van der Waals surface area contributed by atoms with Gasteiger partial charge in [-0.1, -0.05) is 96.5 Å². The lowest BCUT2D eigenvalue weighted by atomic mass is 9.98. The lowest BCUT2D eigenvalue weighted by Gasteiger charge is -2.19. The topological polar surface area (TPSA) is 127 Å². The molecule has 1 aliphatic heterocycles. The first-order valence-corrected chi connectivity index (χ1v) is 22.3. The van der Waals surface area contributed by atoms with Gasteiger partial charge in [0.1, 0.15) is 30.2 Å². The number of halogens is 1. The molecule has 5 heterocycles. The van der Waals surface area contributed by atoms with Crippen LogP contribution < -0.4 is 15.4 Å². The molecule has 0 bridgehead atoms. The summed E-state index contributed by atoms with van der Waals surface area (Å²) in [7, 11) is 0. The van der Waals surface area contributed by atoms with Crippen molar-refractivity contribution in [3.63, 3.8) is 0 Å². The number of hydrogen-bond acceptors (Lipinski definition) is 10. The van der Waals surface area contributed by atoms with Crippen molar-refractivity contribution in [2.24, 2.45) is 0 Å². The van der Waals surface area contributed by atoms with Gasteiger partial charge in [0, 0.05) is 29.4 Å². The van der Waals surface area contributed by atoms with Gasteiger partial charge in [-0.05, 0) is 122 Å². The number of pyridine rings is 3. The van der Waals surface area contributed by atoms with Crippen molar-refractivity contribution in [1.82, 2.24) is 35.1 Å². The smallest absolute Gasteiger partial charge is 0.407 e. The van der Waals surface area contributed by atoms with E-state index in [4.69, 9.17) is 26.1 Å². The molecule has 2 atom stereocenters. The Morgan fingerprint density at radius 3 is 2.14 bits per heavy atom.